The first kappa shape index (κ1) is 26.0. The lowest BCUT2D eigenvalue weighted by atomic mass is 9.83. The molecule has 0 spiro atoms. The molecular weight excluding hydrogens is 571 g/mol. The molecule has 7 heteroatoms. The molecule has 0 radical (unpaired) electrons. The molecule has 4 aromatic carbocycles. The zero-order valence-corrected chi connectivity index (χ0v) is 24.2. The van der Waals surface area contributed by atoms with Crippen molar-refractivity contribution in [2.75, 3.05) is 0 Å². The normalized spacial score (nSPS) is 16.0. The first-order valence-corrected chi connectivity index (χ1v) is 15.0. The van der Waals surface area contributed by atoms with E-state index in [1.54, 1.807) is 12.1 Å². The average Bonchev–Trinajstić information content (AvgIpc) is 3.30. The number of rotatable bonds is 5. The third-order valence-electron chi connectivity index (χ3n) is 7.58. The number of fused-ring (bicyclic) bond motifs is 3. The molecule has 0 unspecified atom stereocenters. The Labute approximate surface area is 251 Å². The lowest BCUT2D eigenvalue weighted by Crippen LogP contribution is -2.38. The van der Waals surface area contributed by atoms with Gasteiger partial charge in [-0.3, -0.25) is 9.36 Å². The number of aryl methyl sites for hydroxylation is 1. The van der Waals surface area contributed by atoms with Crippen molar-refractivity contribution in [1.29, 1.82) is 0 Å². The molecule has 2 heterocycles. The van der Waals surface area contributed by atoms with Crippen LogP contribution in [0.1, 0.15) is 40.3 Å². The van der Waals surface area contributed by atoms with E-state index in [9.17, 15) is 4.79 Å². The molecule has 1 aliphatic heterocycles. The van der Waals surface area contributed by atoms with Crippen molar-refractivity contribution in [2.24, 2.45) is 4.99 Å². The minimum Gasteiger partial charge on any atom is -0.489 e. The third-order valence-corrected chi connectivity index (χ3v) is 9.15. The van der Waals surface area contributed by atoms with Gasteiger partial charge in [-0.2, -0.15) is 0 Å². The van der Waals surface area contributed by atoms with Gasteiger partial charge in [0.15, 0.2) is 4.80 Å². The van der Waals surface area contributed by atoms with Crippen LogP contribution in [0.4, 0.5) is 0 Å². The highest BCUT2D eigenvalue weighted by Crippen LogP contribution is 2.41. The predicted molar refractivity (Wildman–Crippen MR) is 166 cm³/mol. The summed E-state index contributed by atoms with van der Waals surface area (Å²) in [4.78, 5) is 19.7. The maximum atomic E-state index is 13.9. The van der Waals surface area contributed by atoms with Gasteiger partial charge in [-0.1, -0.05) is 107 Å². The van der Waals surface area contributed by atoms with Crippen LogP contribution in [-0.4, -0.2) is 4.57 Å². The molecule has 1 aliphatic carbocycles. The third kappa shape index (κ3) is 4.95. The lowest BCUT2D eigenvalue weighted by molar-refractivity contribution is 0.306. The molecule has 0 bridgehead atoms. The fraction of sp³-hybridized carbons (Fsp3) is 0.118. The maximum Gasteiger partial charge on any atom is 0.271 e. The Balaban J connectivity index is 1.25. The van der Waals surface area contributed by atoms with Crippen LogP contribution in [0.3, 0.4) is 0 Å². The molecule has 2 aliphatic rings. The monoisotopic (exact) mass is 594 g/mol. The van der Waals surface area contributed by atoms with Crippen LogP contribution >= 0.6 is 34.5 Å². The fourth-order valence-electron chi connectivity index (χ4n) is 5.57. The van der Waals surface area contributed by atoms with Gasteiger partial charge in [0.2, 0.25) is 0 Å². The molecule has 4 nitrogen and oxygen atoms in total. The van der Waals surface area contributed by atoms with Crippen molar-refractivity contribution in [3.05, 3.63) is 160 Å². The van der Waals surface area contributed by atoms with Gasteiger partial charge >= 0.3 is 0 Å². The first-order chi connectivity index (χ1) is 20.0. The largest absolute Gasteiger partial charge is 0.489 e. The van der Waals surface area contributed by atoms with E-state index in [0.717, 1.165) is 40.0 Å². The summed E-state index contributed by atoms with van der Waals surface area (Å²) in [5.41, 5.74) is 7.54. The molecule has 0 fully saturated rings. The summed E-state index contributed by atoms with van der Waals surface area (Å²) in [6.45, 7) is 0.335. The van der Waals surface area contributed by atoms with Gasteiger partial charge < -0.3 is 4.74 Å². The minimum absolute atomic E-state index is 0.0225. The van der Waals surface area contributed by atoms with E-state index in [4.69, 9.17) is 32.9 Å². The minimum atomic E-state index is -0.173. The zero-order valence-electron chi connectivity index (χ0n) is 21.9. The number of halogens is 2. The summed E-state index contributed by atoms with van der Waals surface area (Å²) >= 11 is 13.7. The van der Waals surface area contributed by atoms with E-state index >= 15 is 0 Å². The van der Waals surface area contributed by atoms with Crippen molar-refractivity contribution in [2.45, 2.75) is 25.5 Å². The Hall–Kier alpha value is -3.90. The molecule has 1 atom stereocenters. The summed E-state index contributed by atoms with van der Waals surface area (Å²) in [6, 6.07) is 31.6. The maximum absolute atomic E-state index is 13.9. The van der Waals surface area contributed by atoms with Gasteiger partial charge in [0, 0.05) is 21.2 Å². The zero-order chi connectivity index (χ0) is 27.9. The second kappa shape index (κ2) is 10.8. The molecule has 0 amide bonds. The van der Waals surface area contributed by atoms with Crippen molar-refractivity contribution < 1.29 is 4.74 Å². The Morgan fingerprint density at radius 2 is 1.71 bits per heavy atom. The number of hydrogen-bond donors (Lipinski definition) is 0. The number of ether oxygens (including phenoxy) is 1. The van der Waals surface area contributed by atoms with Crippen LogP contribution in [0.15, 0.2) is 112 Å². The van der Waals surface area contributed by atoms with Crippen LogP contribution in [0.25, 0.3) is 11.8 Å². The molecular formula is C34H24Cl2N2O2S. The van der Waals surface area contributed by atoms with Gasteiger partial charge in [0.05, 0.1) is 16.3 Å². The average molecular weight is 596 g/mol. The highest BCUT2D eigenvalue weighted by molar-refractivity contribution is 7.07. The number of allylic oxidation sites excluding steroid dienone is 1. The van der Waals surface area contributed by atoms with E-state index < -0.39 is 0 Å². The van der Waals surface area contributed by atoms with Gasteiger partial charge in [0.1, 0.15) is 12.4 Å². The predicted octanol–water partition coefficient (Wildman–Crippen LogP) is 7.20. The lowest BCUT2D eigenvalue weighted by Gasteiger charge is -2.30. The van der Waals surface area contributed by atoms with E-state index in [1.807, 2.05) is 59.2 Å². The second-order valence-corrected chi connectivity index (χ2v) is 12.0. The molecule has 202 valence electrons. The molecule has 0 N–H and O–H groups in total. The molecule has 5 aromatic rings. The number of nitrogens with zero attached hydrogens (tertiary/aromatic N) is 2. The summed E-state index contributed by atoms with van der Waals surface area (Å²) in [5, 5.41) is 1.16. The summed E-state index contributed by atoms with van der Waals surface area (Å²) < 4.78 is 8.46. The van der Waals surface area contributed by atoms with Crippen LogP contribution in [0.2, 0.25) is 10.0 Å². The van der Waals surface area contributed by atoms with E-state index in [2.05, 4.69) is 36.4 Å². The van der Waals surface area contributed by atoms with Gasteiger partial charge in [-0.25, -0.2) is 4.99 Å². The summed E-state index contributed by atoms with van der Waals surface area (Å²) in [5.74, 6) is 0.713. The number of benzene rings is 4. The van der Waals surface area contributed by atoms with E-state index in [-0.39, 0.29) is 11.6 Å². The van der Waals surface area contributed by atoms with E-state index in [1.165, 1.54) is 28.0 Å². The van der Waals surface area contributed by atoms with Crippen LogP contribution < -0.4 is 19.6 Å². The molecule has 7 rings (SSSR count). The molecule has 41 heavy (non-hydrogen) atoms. The highest BCUT2D eigenvalue weighted by atomic mass is 35.5. The quantitative estimate of drug-likeness (QED) is 0.216. The molecule has 0 saturated heterocycles. The van der Waals surface area contributed by atoms with Crippen molar-refractivity contribution in [3.8, 4) is 5.75 Å². The molecule has 0 saturated carbocycles. The Morgan fingerprint density at radius 1 is 0.927 bits per heavy atom. The number of thiazole rings is 1. The molecule has 1 aromatic heterocycles. The smallest absolute Gasteiger partial charge is 0.271 e. The second-order valence-electron chi connectivity index (χ2n) is 10.1. The SMILES string of the molecule is O=c1/c(=C\c2ccc(OCc3ccc(Cl)cc3Cl)cc2)sc2n1[C@@H](c1ccccc1)C1=C(N=2)c2ccccc2CC1. The Bertz CT molecular complexity index is 1990. The standard InChI is InChI=1S/C34H24Cl2N2O2S/c35-25-14-12-24(29(36)19-25)20-40-26-15-10-21(11-16-26)18-30-33(39)38-32(23-7-2-1-3-8-23)28-17-13-22-6-4-5-9-27(22)31(28)37-34(38)41-30/h1-12,14-16,18-19,32H,13,17,20H2/b30-18+/t32-/m0/s1. The van der Waals surface area contributed by atoms with Crippen LogP contribution in [0.5, 0.6) is 5.75 Å². The van der Waals surface area contributed by atoms with Crippen molar-refractivity contribution >= 4 is 46.3 Å². The van der Waals surface area contributed by atoms with Crippen molar-refractivity contribution in [1.82, 2.24) is 4.57 Å². The van der Waals surface area contributed by atoms with Gasteiger partial charge in [-0.05, 0) is 65.4 Å². The topological polar surface area (TPSA) is 43.6 Å². The fourth-order valence-corrected chi connectivity index (χ4v) is 7.03. The van der Waals surface area contributed by atoms with E-state index in [0.29, 0.717) is 26.9 Å². The van der Waals surface area contributed by atoms with Crippen LogP contribution in [-0.2, 0) is 13.0 Å². The Kier molecular flexibility index (Phi) is 6.87. The number of aromatic nitrogens is 1. The van der Waals surface area contributed by atoms with Crippen LogP contribution in [0, 0.1) is 0 Å². The Morgan fingerprint density at radius 3 is 2.51 bits per heavy atom. The highest BCUT2D eigenvalue weighted by Gasteiger charge is 2.32. The number of hydrogen-bond acceptors (Lipinski definition) is 4. The van der Waals surface area contributed by atoms with Crippen molar-refractivity contribution in [3.63, 3.8) is 0 Å². The van der Waals surface area contributed by atoms with Gasteiger partial charge in [-0.15, -0.1) is 0 Å². The van der Waals surface area contributed by atoms with Gasteiger partial charge in [0.25, 0.3) is 5.56 Å². The summed E-state index contributed by atoms with van der Waals surface area (Å²) in [7, 11) is 0. The summed E-state index contributed by atoms with van der Waals surface area (Å²) in [6.07, 6.45) is 3.75. The first-order valence-electron chi connectivity index (χ1n) is 13.4.